The van der Waals surface area contributed by atoms with E-state index in [1.807, 2.05) is 6.07 Å². The average Bonchev–Trinajstić information content (AvgIpc) is 3.20. The van der Waals surface area contributed by atoms with Crippen LogP contribution in [0.25, 0.3) is 16.9 Å². The van der Waals surface area contributed by atoms with Gasteiger partial charge in [-0.1, -0.05) is 41.9 Å². The van der Waals surface area contributed by atoms with E-state index in [4.69, 9.17) is 16.3 Å². The Kier molecular flexibility index (Phi) is 6.85. The highest BCUT2D eigenvalue weighted by atomic mass is 35.5. The molecule has 32 heavy (non-hydrogen) atoms. The zero-order chi connectivity index (χ0) is 23.5. The van der Waals surface area contributed by atoms with Crippen molar-refractivity contribution in [3.8, 4) is 16.9 Å². The summed E-state index contributed by atoms with van der Waals surface area (Å²) in [6, 6.07) is 14.8. The Morgan fingerprint density at radius 2 is 1.75 bits per heavy atom. The summed E-state index contributed by atoms with van der Waals surface area (Å²) in [5.74, 6) is -5.68. The fourth-order valence-electron chi connectivity index (χ4n) is 2.75. The van der Waals surface area contributed by atoms with Crippen molar-refractivity contribution in [1.29, 1.82) is 0 Å². The Morgan fingerprint density at radius 3 is 2.38 bits per heavy atom. The van der Waals surface area contributed by atoms with Gasteiger partial charge in [-0.15, -0.1) is 0 Å². The van der Waals surface area contributed by atoms with Crippen LogP contribution < -0.4 is 0 Å². The summed E-state index contributed by atoms with van der Waals surface area (Å²) in [5, 5.41) is 4.49. The number of rotatable bonds is 7. The van der Waals surface area contributed by atoms with Crippen LogP contribution in [0.1, 0.15) is 16.1 Å². The summed E-state index contributed by atoms with van der Waals surface area (Å²) in [5.41, 5.74) is 1.70. The summed E-state index contributed by atoms with van der Waals surface area (Å²) in [6.45, 7) is -2.47. The summed E-state index contributed by atoms with van der Waals surface area (Å²) in [4.78, 5) is 12.3. The van der Waals surface area contributed by atoms with Gasteiger partial charge in [0.25, 0.3) is 0 Å². The smallest absolute Gasteiger partial charge is 0.455 e. The number of aromatic nitrogens is 2. The number of carbonyl (C=O) groups is 1. The fraction of sp³-hybridized carbons (Fsp3) is 0.238. The molecular formula is C21H16ClF5N2O3. The summed E-state index contributed by atoms with van der Waals surface area (Å²) in [7, 11) is 1.20. The number of carbonyl (C=O) groups excluding carboxylic acids is 1. The molecule has 0 atom stereocenters. The molecule has 0 unspecified atom stereocenters. The molecule has 0 aliphatic carbocycles. The van der Waals surface area contributed by atoms with E-state index in [9.17, 15) is 26.7 Å². The van der Waals surface area contributed by atoms with Gasteiger partial charge in [-0.05, 0) is 29.8 Å². The van der Waals surface area contributed by atoms with E-state index >= 15 is 0 Å². The number of esters is 1. The maximum absolute atomic E-state index is 13.1. The van der Waals surface area contributed by atoms with Crippen molar-refractivity contribution in [2.75, 3.05) is 13.7 Å². The summed E-state index contributed by atoms with van der Waals surface area (Å²) >= 11 is 6.04. The number of benzene rings is 2. The van der Waals surface area contributed by atoms with E-state index in [2.05, 4.69) is 9.84 Å². The summed E-state index contributed by atoms with van der Waals surface area (Å²) < 4.78 is 73.7. The highest BCUT2D eigenvalue weighted by Gasteiger charge is 2.57. The van der Waals surface area contributed by atoms with Gasteiger partial charge in [0.1, 0.15) is 6.61 Å². The lowest BCUT2D eigenvalue weighted by molar-refractivity contribution is -0.297. The van der Waals surface area contributed by atoms with Gasteiger partial charge in [0.05, 0.1) is 25.1 Å². The largest absolute Gasteiger partial charge is 0.464 e. The van der Waals surface area contributed by atoms with Crippen molar-refractivity contribution < 1.29 is 36.2 Å². The molecule has 0 saturated heterocycles. The summed E-state index contributed by atoms with van der Waals surface area (Å²) in [6.07, 6.45) is -5.73. The number of hydrogen-bond donors (Lipinski definition) is 0. The van der Waals surface area contributed by atoms with Crippen LogP contribution in [0.4, 0.5) is 22.0 Å². The van der Waals surface area contributed by atoms with Gasteiger partial charge in [-0.25, -0.2) is 9.48 Å². The van der Waals surface area contributed by atoms with E-state index in [0.29, 0.717) is 11.4 Å². The third-order valence-electron chi connectivity index (χ3n) is 4.40. The van der Waals surface area contributed by atoms with E-state index in [0.717, 1.165) is 5.56 Å². The molecular weight excluding hydrogens is 459 g/mol. The molecule has 0 fully saturated rings. The molecule has 1 aromatic heterocycles. The third-order valence-corrected chi connectivity index (χ3v) is 4.77. The molecule has 0 spiro atoms. The maximum atomic E-state index is 13.1. The van der Waals surface area contributed by atoms with Crippen molar-refractivity contribution in [1.82, 2.24) is 9.78 Å². The minimum Gasteiger partial charge on any atom is -0.464 e. The highest BCUT2D eigenvalue weighted by Crippen LogP contribution is 2.36. The second-order valence-corrected chi connectivity index (χ2v) is 7.06. The first kappa shape index (κ1) is 23.7. The van der Waals surface area contributed by atoms with Crippen LogP contribution in [0.2, 0.25) is 5.02 Å². The molecule has 0 aliphatic heterocycles. The molecule has 0 radical (unpaired) electrons. The Labute approximate surface area is 184 Å². The number of hydrogen-bond acceptors (Lipinski definition) is 4. The monoisotopic (exact) mass is 474 g/mol. The molecule has 170 valence electrons. The van der Waals surface area contributed by atoms with Crippen LogP contribution in [0.15, 0.2) is 54.6 Å². The quantitative estimate of drug-likeness (QED) is 0.326. The molecule has 11 heteroatoms. The van der Waals surface area contributed by atoms with Gasteiger partial charge in [-0.2, -0.15) is 27.1 Å². The third kappa shape index (κ3) is 5.08. The minimum atomic E-state index is -5.73. The molecule has 0 amide bonds. The highest BCUT2D eigenvalue weighted by molar-refractivity contribution is 6.31. The van der Waals surface area contributed by atoms with Gasteiger partial charge in [0, 0.05) is 10.6 Å². The molecule has 5 nitrogen and oxygen atoms in total. The number of alkyl halides is 5. The molecule has 0 N–H and O–H groups in total. The lowest BCUT2D eigenvalue weighted by Gasteiger charge is -2.19. The molecule has 2 aromatic carbocycles. The van der Waals surface area contributed by atoms with Crippen LogP contribution in [-0.2, 0) is 16.1 Å². The number of ether oxygens (including phenoxy) is 2. The first-order valence-electron chi connectivity index (χ1n) is 9.08. The zero-order valence-electron chi connectivity index (χ0n) is 16.5. The van der Waals surface area contributed by atoms with Crippen LogP contribution in [0, 0.1) is 0 Å². The second-order valence-electron chi connectivity index (χ2n) is 6.65. The normalized spacial score (nSPS) is 12.1. The van der Waals surface area contributed by atoms with Gasteiger partial charge in [0.2, 0.25) is 0 Å². The van der Waals surface area contributed by atoms with Crippen LogP contribution in [0.5, 0.6) is 0 Å². The Morgan fingerprint density at radius 1 is 1.06 bits per heavy atom. The Hall–Kier alpha value is -2.98. The van der Waals surface area contributed by atoms with Gasteiger partial charge >= 0.3 is 18.1 Å². The van der Waals surface area contributed by atoms with E-state index in [1.54, 1.807) is 24.3 Å². The van der Waals surface area contributed by atoms with Crippen LogP contribution in [-0.4, -0.2) is 41.6 Å². The van der Waals surface area contributed by atoms with Crippen molar-refractivity contribution in [3.63, 3.8) is 0 Å². The molecule has 0 aliphatic rings. The maximum Gasteiger partial charge on any atom is 0.455 e. The number of methoxy groups -OCH3 is 1. The Balaban J connectivity index is 1.91. The second kappa shape index (κ2) is 9.25. The number of nitrogens with zero attached hydrogens (tertiary/aromatic N) is 2. The lowest BCUT2D eigenvalue weighted by Crippen LogP contribution is -2.40. The van der Waals surface area contributed by atoms with E-state index < -0.39 is 31.3 Å². The fourth-order valence-corrected chi connectivity index (χ4v) is 2.92. The van der Waals surface area contributed by atoms with Crippen LogP contribution >= 0.6 is 11.6 Å². The molecule has 0 saturated carbocycles. The van der Waals surface area contributed by atoms with Gasteiger partial charge < -0.3 is 9.47 Å². The van der Waals surface area contributed by atoms with Crippen molar-refractivity contribution in [3.05, 3.63) is 70.9 Å². The first-order valence-corrected chi connectivity index (χ1v) is 9.46. The lowest BCUT2D eigenvalue weighted by atomic mass is 10.1. The standard InChI is InChI=1S/C21H16ClF5N2O3/c1-31-19(30)18-10-17(13-5-3-2-4-6-13)28-29(18)15-7-8-16(22)14(9-15)11-32-12-20(23,24)21(25,26)27/h2-10H,11-12H2,1H3. The van der Waals surface area contributed by atoms with E-state index in [1.165, 1.54) is 36.1 Å². The predicted octanol–water partition coefficient (Wildman–Crippen LogP) is 5.69. The molecule has 3 rings (SSSR count). The Bertz CT molecular complexity index is 1100. The molecule has 0 bridgehead atoms. The SMILES string of the molecule is COC(=O)c1cc(-c2ccccc2)nn1-c1ccc(Cl)c(COCC(F)(F)C(F)(F)F)c1. The van der Waals surface area contributed by atoms with Crippen molar-refractivity contribution >= 4 is 17.6 Å². The zero-order valence-corrected chi connectivity index (χ0v) is 17.3. The van der Waals surface area contributed by atoms with Crippen molar-refractivity contribution in [2.24, 2.45) is 0 Å². The van der Waals surface area contributed by atoms with Gasteiger partial charge in [0.15, 0.2) is 5.69 Å². The topological polar surface area (TPSA) is 53.3 Å². The average molecular weight is 475 g/mol. The molecule has 3 aromatic rings. The number of halogens is 6. The minimum absolute atomic E-state index is 0.0733. The predicted molar refractivity (Wildman–Crippen MR) is 106 cm³/mol. The van der Waals surface area contributed by atoms with Gasteiger partial charge in [-0.3, -0.25) is 0 Å². The first-order chi connectivity index (χ1) is 15.0. The van der Waals surface area contributed by atoms with Crippen LogP contribution in [0.3, 0.4) is 0 Å². The van der Waals surface area contributed by atoms with E-state index in [-0.39, 0.29) is 16.3 Å². The molecule has 1 heterocycles. The van der Waals surface area contributed by atoms with Crippen molar-refractivity contribution in [2.45, 2.75) is 18.7 Å².